The van der Waals surface area contributed by atoms with Gasteiger partial charge in [0.2, 0.25) is 0 Å². The van der Waals surface area contributed by atoms with E-state index >= 15 is 0 Å². The van der Waals surface area contributed by atoms with Gasteiger partial charge in [0.1, 0.15) is 11.4 Å². The van der Waals surface area contributed by atoms with Crippen LogP contribution in [0.3, 0.4) is 0 Å². The van der Waals surface area contributed by atoms with E-state index in [9.17, 15) is 4.79 Å². The third-order valence-corrected chi connectivity index (χ3v) is 3.41. The summed E-state index contributed by atoms with van der Waals surface area (Å²) in [6.45, 7) is 7.45. The minimum absolute atomic E-state index is 0.154. The van der Waals surface area contributed by atoms with Gasteiger partial charge in [0.15, 0.2) is 5.78 Å². The molecule has 0 aromatic heterocycles. The van der Waals surface area contributed by atoms with E-state index in [2.05, 4.69) is 11.9 Å². The van der Waals surface area contributed by atoms with Gasteiger partial charge in [-0.1, -0.05) is 18.7 Å². The molecule has 1 fully saturated rings. The number of hydrogen-bond acceptors (Lipinski definition) is 3. The Hall–Kier alpha value is -1.35. The molecule has 92 valence electrons. The molecular weight excluding hydrogens is 214 g/mol. The average molecular weight is 233 g/mol. The molecule has 0 bridgehead atoms. The second-order valence-electron chi connectivity index (χ2n) is 4.62. The molecule has 2 aliphatic rings. The number of carbonyl (C=O) groups excluding carboxylic acids is 1. The van der Waals surface area contributed by atoms with Crippen LogP contribution in [0.25, 0.3) is 0 Å². The number of ketones is 1. The molecule has 1 spiro atoms. The Kier molecular flexibility index (Phi) is 3.48. The van der Waals surface area contributed by atoms with Crippen molar-refractivity contribution in [1.82, 2.24) is 5.32 Å². The largest absolute Gasteiger partial charge is 0.486 e. The Morgan fingerprint density at radius 1 is 1.41 bits per heavy atom. The summed E-state index contributed by atoms with van der Waals surface area (Å²) in [5, 5.41) is 3.30. The quantitative estimate of drug-likeness (QED) is 0.794. The van der Waals surface area contributed by atoms with Crippen LogP contribution in [0.15, 0.2) is 36.1 Å². The van der Waals surface area contributed by atoms with E-state index in [4.69, 9.17) is 4.74 Å². The van der Waals surface area contributed by atoms with E-state index in [0.29, 0.717) is 17.8 Å². The van der Waals surface area contributed by atoms with Crippen molar-refractivity contribution in [2.45, 2.75) is 31.8 Å². The normalized spacial score (nSPS) is 24.2. The smallest absolute Gasteiger partial charge is 0.170 e. The highest BCUT2D eigenvalue weighted by Gasteiger charge is 2.41. The van der Waals surface area contributed by atoms with Gasteiger partial charge < -0.3 is 10.1 Å². The lowest BCUT2D eigenvalue weighted by atomic mass is 9.83. The molecule has 2 heterocycles. The zero-order valence-corrected chi connectivity index (χ0v) is 10.3. The first-order valence-corrected chi connectivity index (χ1v) is 6.13. The summed E-state index contributed by atoms with van der Waals surface area (Å²) in [7, 11) is 0. The summed E-state index contributed by atoms with van der Waals surface area (Å²) < 4.78 is 6.09. The monoisotopic (exact) mass is 233 g/mol. The van der Waals surface area contributed by atoms with Crippen LogP contribution >= 0.6 is 0 Å². The average Bonchev–Trinajstić information content (AvgIpc) is 2.30. The SMILES string of the molecule is C=CC1=C(/C=C\C)OC2(CCNCC2)CC1=O. The van der Waals surface area contributed by atoms with Crippen LogP contribution in [0.4, 0.5) is 0 Å². The number of allylic oxidation sites excluding steroid dienone is 4. The van der Waals surface area contributed by atoms with E-state index < -0.39 is 0 Å². The van der Waals surface area contributed by atoms with Gasteiger partial charge >= 0.3 is 0 Å². The summed E-state index contributed by atoms with van der Waals surface area (Å²) in [6.07, 6.45) is 7.63. The number of nitrogens with one attached hydrogen (secondary N) is 1. The van der Waals surface area contributed by atoms with Crippen LogP contribution in [-0.2, 0) is 9.53 Å². The number of hydrogen-bond donors (Lipinski definition) is 1. The summed E-state index contributed by atoms with van der Waals surface area (Å²) in [4.78, 5) is 12.1. The van der Waals surface area contributed by atoms with Gasteiger partial charge in [-0.05, 0) is 26.1 Å². The Labute approximate surface area is 102 Å². The third kappa shape index (κ3) is 2.34. The lowest BCUT2D eigenvalue weighted by molar-refractivity contribution is -0.126. The minimum atomic E-state index is -0.288. The molecule has 0 aliphatic carbocycles. The van der Waals surface area contributed by atoms with Crippen LogP contribution in [0.1, 0.15) is 26.2 Å². The molecule has 1 saturated heterocycles. The van der Waals surface area contributed by atoms with E-state index in [1.165, 1.54) is 0 Å². The van der Waals surface area contributed by atoms with E-state index in [-0.39, 0.29) is 11.4 Å². The van der Waals surface area contributed by atoms with Crippen molar-refractivity contribution in [2.75, 3.05) is 13.1 Å². The van der Waals surface area contributed by atoms with Crippen LogP contribution in [0, 0.1) is 0 Å². The fourth-order valence-electron chi connectivity index (χ4n) is 2.50. The Balaban J connectivity index is 2.31. The molecule has 3 heteroatoms. The number of rotatable bonds is 2. The second-order valence-corrected chi connectivity index (χ2v) is 4.62. The first-order valence-electron chi connectivity index (χ1n) is 6.13. The lowest BCUT2D eigenvalue weighted by Crippen LogP contribution is -2.47. The summed E-state index contributed by atoms with van der Waals surface area (Å²) in [5.74, 6) is 0.835. The topological polar surface area (TPSA) is 38.3 Å². The van der Waals surface area contributed by atoms with Gasteiger partial charge in [0.25, 0.3) is 0 Å². The molecule has 0 amide bonds. The molecule has 0 atom stereocenters. The maximum Gasteiger partial charge on any atom is 0.170 e. The van der Waals surface area contributed by atoms with E-state index in [1.807, 2.05) is 19.1 Å². The molecule has 2 rings (SSSR count). The van der Waals surface area contributed by atoms with Gasteiger partial charge in [-0.15, -0.1) is 0 Å². The van der Waals surface area contributed by atoms with Crippen LogP contribution < -0.4 is 5.32 Å². The Bertz CT molecular complexity index is 387. The number of ether oxygens (including phenoxy) is 1. The first-order chi connectivity index (χ1) is 8.21. The van der Waals surface area contributed by atoms with Crippen molar-refractivity contribution in [3.8, 4) is 0 Å². The van der Waals surface area contributed by atoms with Crippen molar-refractivity contribution in [3.05, 3.63) is 36.1 Å². The summed E-state index contributed by atoms with van der Waals surface area (Å²) in [5.41, 5.74) is 0.330. The number of Topliss-reactive ketones (excluding diaryl/α,β-unsaturated/α-hetero) is 1. The summed E-state index contributed by atoms with van der Waals surface area (Å²) >= 11 is 0. The Morgan fingerprint density at radius 3 is 2.71 bits per heavy atom. The highest BCUT2D eigenvalue weighted by atomic mass is 16.5. The molecule has 0 radical (unpaired) electrons. The number of carbonyl (C=O) groups is 1. The molecule has 0 saturated carbocycles. The molecule has 1 N–H and O–H groups in total. The highest BCUT2D eigenvalue weighted by molar-refractivity contribution is 6.00. The van der Waals surface area contributed by atoms with E-state index in [1.54, 1.807) is 6.08 Å². The third-order valence-electron chi connectivity index (χ3n) is 3.41. The Morgan fingerprint density at radius 2 is 2.12 bits per heavy atom. The van der Waals surface area contributed by atoms with Gasteiger partial charge in [-0.2, -0.15) is 0 Å². The van der Waals surface area contributed by atoms with Gasteiger partial charge in [-0.3, -0.25) is 4.79 Å². The molecule has 0 aromatic rings. The van der Waals surface area contributed by atoms with Crippen molar-refractivity contribution in [1.29, 1.82) is 0 Å². The number of piperidine rings is 1. The molecule has 0 unspecified atom stereocenters. The van der Waals surface area contributed by atoms with Crippen molar-refractivity contribution in [2.24, 2.45) is 0 Å². The van der Waals surface area contributed by atoms with Gasteiger partial charge in [0.05, 0.1) is 12.0 Å². The highest BCUT2D eigenvalue weighted by Crippen LogP contribution is 2.36. The van der Waals surface area contributed by atoms with Crippen molar-refractivity contribution >= 4 is 5.78 Å². The zero-order chi connectivity index (χ0) is 12.3. The fourth-order valence-corrected chi connectivity index (χ4v) is 2.50. The maximum atomic E-state index is 12.1. The fraction of sp³-hybridized carbons (Fsp3) is 0.500. The lowest BCUT2D eigenvalue weighted by Gasteiger charge is -2.41. The molecule has 17 heavy (non-hydrogen) atoms. The molecule has 0 aromatic carbocycles. The van der Waals surface area contributed by atoms with Crippen molar-refractivity contribution < 1.29 is 9.53 Å². The van der Waals surface area contributed by atoms with Crippen LogP contribution in [0.5, 0.6) is 0 Å². The molecule has 2 aliphatic heterocycles. The maximum absolute atomic E-state index is 12.1. The van der Waals surface area contributed by atoms with Gasteiger partial charge in [-0.25, -0.2) is 0 Å². The van der Waals surface area contributed by atoms with Crippen molar-refractivity contribution in [3.63, 3.8) is 0 Å². The van der Waals surface area contributed by atoms with Crippen LogP contribution in [-0.4, -0.2) is 24.5 Å². The molecule has 3 nitrogen and oxygen atoms in total. The predicted molar refractivity (Wildman–Crippen MR) is 67.6 cm³/mol. The standard InChI is InChI=1S/C14H19NO2/c1-3-5-13-11(4-2)12(16)10-14(17-13)6-8-15-9-7-14/h3-5,15H,2,6-10H2,1H3/b5-3-. The summed E-state index contributed by atoms with van der Waals surface area (Å²) in [6, 6.07) is 0. The van der Waals surface area contributed by atoms with E-state index in [0.717, 1.165) is 25.9 Å². The predicted octanol–water partition coefficient (Wildman–Crippen LogP) is 2.11. The first kappa shape index (κ1) is 12.1. The minimum Gasteiger partial charge on any atom is -0.486 e. The zero-order valence-electron chi connectivity index (χ0n) is 10.3. The second kappa shape index (κ2) is 4.88. The van der Waals surface area contributed by atoms with Crippen LogP contribution in [0.2, 0.25) is 0 Å². The molecular formula is C14H19NO2. The van der Waals surface area contributed by atoms with Gasteiger partial charge in [0, 0.05) is 12.8 Å².